The van der Waals surface area contributed by atoms with Crippen molar-refractivity contribution >= 4 is 23.0 Å². The van der Waals surface area contributed by atoms with Crippen LogP contribution < -0.4 is 5.32 Å². The lowest BCUT2D eigenvalue weighted by Gasteiger charge is -2.06. The van der Waals surface area contributed by atoms with Crippen LogP contribution >= 0.6 is 11.6 Å². The Hall–Kier alpha value is -1.29. The predicted octanol–water partition coefficient (Wildman–Crippen LogP) is 3.46. The van der Waals surface area contributed by atoms with Crippen molar-refractivity contribution in [3.05, 3.63) is 33.3 Å². The molecule has 0 radical (unpaired) electrons. The molecule has 0 heterocycles. The van der Waals surface area contributed by atoms with Crippen LogP contribution in [0, 0.1) is 16.0 Å². The van der Waals surface area contributed by atoms with E-state index in [1.807, 2.05) is 0 Å². The van der Waals surface area contributed by atoms with Crippen molar-refractivity contribution in [1.82, 2.24) is 0 Å². The number of benzene rings is 1. The number of rotatable bonds is 4. The number of nitrogens with one attached hydrogen (secondary N) is 1. The largest absolute Gasteiger partial charge is 0.376 e. The average molecular weight is 241 g/mol. The molecule has 2 unspecified atom stereocenters. The lowest BCUT2D eigenvalue weighted by atomic mass is 10.2. The van der Waals surface area contributed by atoms with E-state index < -0.39 is 0 Å². The molecule has 1 aromatic rings. The van der Waals surface area contributed by atoms with Crippen LogP contribution in [0.5, 0.6) is 0 Å². The van der Waals surface area contributed by atoms with Crippen molar-refractivity contribution in [2.24, 2.45) is 5.92 Å². The van der Waals surface area contributed by atoms with Crippen LogP contribution in [0.1, 0.15) is 19.8 Å². The second-order valence-electron chi connectivity index (χ2n) is 4.07. The monoisotopic (exact) mass is 240 g/mol. The van der Waals surface area contributed by atoms with E-state index in [-0.39, 0.29) is 10.6 Å². The zero-order chi connectivity index (χ0) is 11.7. The smallest absolute Gasteiger partial charge is 0.292 e. The highest BCUT2D eigenvalue weighted by atomic mass is 35.5. The third-order valence-electron chi connectivity index (χ3n) is 2.94. The van der Waals surface area contributed by atoms with Crippen molar-refractivity contribution in [3.63, 3.8) is 0 Å². The van der Waals surface area contributed by atoms with Crippen LogP contribution in [0.3, 0.4) is 0 Å². The van der Waals surface area contributed by atoms with Gasteiger partial charge in [0, 0.05) is 17.1 Å². The maximum Gasteiger partial charge on any atom is 0.292 e. The molecule has 4 nitrogen and oxygen atoms in total. The van der Waals surface area contributed by atoms with E-state index in [9.17, 15) is 10.1 Å². The van der Waals surface area contributed by atoms with E-state index in [0.29, 0.717) is 22.7 Å². The molecule has 1 N–H and O–H groups in total. The minimum Gasteiger partial charge on any atom is -0.376 e. The first-order valence-corrected chi connectivity index (χ1v) is 5.70. The molecule has 1 aliphatic carbocycles. The number of anilines is 1. The molecule has 0 amide bonds. The Morgan fingerprint density at radius 2 is 2.38 bits per heavy atom. The Balaban J connectivity index is 2.18. The molecular formula is C11H13ClN2O2. The number of halogens is 1. The summed E-state index contributed by atoms with van der Waals surface area (Å²) in [5, 5.41) is 14.5. The van der Waals surface area contributed by atoms with Crippen LogP contribution in [0.4, 0.5) is 11.4 Å². The molecule has 86 valence electrons. The van der Waals surface area contributed by atoms with Gasteiger partial charge in [0.2, 0.25) is 0 Å². The van der Waals surface area contributed by atoms with Gasteiger partial charge in [-0.2, -0.15) is 0 Å². The van der Waals surface area contributed by atoms with Crippen LogP contribution in [0.15, 0.2) is 18.2 Å². The molecule has 5 heteroatoms. The maximum absolute atomic E-state index is 10.8. The number of hydrogen-bond acceptors (Lipinski definition) is 3. The first-order valence-electron chi connectivity index (χ1n) is 5.32. The molecule has 0 aliphatic heterocycles. The summed E-state index contributed by atoms with van der Waals surface area (Å²) in [6, 6.07) is 4.95. The Morgan fingerprint density at radius 1 is 1.62 bits per heavy atom. The molecule has 0 aromatic heterocycles. The summed E-state index contributed by atoms with van der Waals surface area (Å²) in [6.07, 6.45) is 2.19. The average Bonchev–Trinajstić information content (AvgIpc) is 2.96. The summed E-state index contributed by atoms with van der Waals surface area (Å²) >= 11 is 5.83. The predicted molar refractivity (Wildman–Crippen MR) is 63.9 cm³/mol. The molecule has 0 bridgehead atoms. The lowest BCUT2D eigenvalue weighted by molar-refractivity contribution is -0.384. The third kappa shape index (κ3) is 2.27. The maximum atomic E-state index is 10.8. The standard InChI is InChI=1S/C11H13ClN2O2/c1-2-7-5-9(7)13-10-6-8(12)3-4-11(10)14(15)16/h3-4,6-7,9,13H,2,5H2,1H3. The Kier molecular flexibility index (Phi) is 3.01. The number of hydrogen-bond donors (Lipinski definition) is 1. The van der Waals surface area contributed by atoms with E-state index in [2.05, 4.69) is 12.2 Å². The van der Waals surface area contributed by atoms with Gasteiger partial charge in [0.25, 0.3) is 5.69 Å². The van der Waals surface area contributed by atoms with E-state index in [0.717, 1.165) is 12.8 Å². The van der Waals surface area contributed by atoms with Crippen molar-refractivity contribution in [2.75, 3.05) is 5.32 Å². The highest BCUT2D eigenvalue weighted by Crippen LogP contribution is 2.38. The van der Waals surface area contributed by atoms with Gasteiger partial charge in [-0.05, 0) is 24.5 Å². The van der Waals surface area contributed by atoms with Gasteiger partial charge in [-0.3, -0.25) is 10.1 Å². The van der Waals surface area contributed by atoms with Gasteiger partial charge in [0.05, 0.1) is 4.92 Å². The molecule has 0 spiro atoms. The Morgan fingerprint density at radius 3 is 2.94 bits per heavy atom. The van der Waals surface area contributed by atoms with Crippen molar-refractivity contribution in [2.45, 2.75) is 25.8 Å². The molecule has 2 rings (SSSR count). The van der Waals surface area contributed by atoms with Gasteiger partial charge in [-0.15, -0.1) is 0 Å². The topological polar surface area (TPSA) is 55.2 Å². The van der Waals surface area contributed by atoms with Crippen molar-refractivity contribution in [3.8, 4) is 0 Å². The Labute approximate surface area is 98.8 Å². The summed E-state index contributed by atoms with van der Waals surface area (Å²) in [4.78, 5) is 10.4. The fraction of sp³-hybridized carbons (Fsp3) is 0.455. The second-order valence-corrected chi connectivity index (χ2v) is 4.51. The van der Waals surface area contributed by atoms with Gasteiger partial charge in [-0.25, -0.2) is 0 Å². The van der Waals surface area contributed by atoms with E-state index in [1.165, 1.54) is 12.1 Å². The molecule has 1 saturated carbocycles. The fourth-order valence-electron chi connectivity index (χ4n) is 1.86. The second kappa shape index (κ2) is 4.29. The van der Waals surface area contributed by atoms with Crippen LogP contribution in [-0.4, -0.2) is 11.0 Å². The number of nitro benzene ring substituents is 1. The number of nitro groups is 1. The summed E-state index contributed by atoms with van der Waals surface area (Å²) in [7, 11) is 0. The molecule has 0 saturated heterocycles. The van der Waals surface area contributed by atoms with Crippen molar-refractivity contribution < 1.29 is 4.92 Å². The minimum absolute atomic E-state index is 0.0890. The fourth-order valence-corrected chi connectivity index (χ4v) is 2.03. The SMILES string of the molecule is CCC1CC1Nc1cc(Cl)ccc1[N+](=O)[O-]. The van der Waals surface area contributed by atoms with E-state index >= 15 is 0 Å². The molecule has 1 aromatic carbocycles. The van der Waals surface area contributed by atoms with Gasteiger partial charge >= 0.3 is 0 Å². The molecule has 16 heavy (non-hydrogen) atoms. The van der Waals surface area contributed by atoms with Crippen LogP contribution in [-0.2, 0) is 0 Å². The first kappa shape index (κ1) is 11.2. The first-order chi connectivity index (χ1) is 7.61. The summed E-state index contributed by atoms with van der Waals surface area (Å²) < 4.78 is 0. The van der Waals surface area contributed by atoms with Gasteiger partial charge in [0.1, 0.15) is 5.69 Å². The lowest BCUT2D eigenvalue weighted by Crippen LogP contribution is -2.06. The quantitative estimate of drug-likeness (QED) is 0.648. The summed E-state index contributed by atoms with van der Waals surface area (Å²) in [6.45, 7) is 2.12. The van der Waals surface area contributed by atoms with Crippen molar-refractivity contribution in [1.29, 1.82) is 0 Å². The third-order valence-corrected chi connectivity index (χ3v) is 3.18. The van der Waals surface area contributed by atoms with Gasteiger partial charge in [-0.1, -0.05) is 24.9 Å². The highest BCUT2D eigenvalue weighted by molar-refractivity contribution is 6.31. The Bertz CT molecular complexity index is 422. The zero-order valence-electron chi connectivity index (χ0n) is 8.94. The van der Waals surface area contributed by atoms with Gasteiger partial charge in [0.15, 0.2) is 0 Å². The van der Waals surface area contributed by atoms with Crippen LogP contribution in [0.25, 0.3) is 0 Å². The minimum atomic E-state index is -0.387. The number of nitrogens with zero attached hydrogens (tertiary/aromatic N) is 1. The molecule has 1 aliphatic rings. The van der Waals surface area contributed by atoms with E-state index in [1.54, 1.807) is 6.07 Å². The molecular weight excluding hydrogens is 228 g/mol. The zero-order valence-corrected chi connectivity index (χ0v) is 9.70. The summed E-state index contributed by atoms with van der Waals surface area (Å²) in [5.74, 6) is 0.638. The molecule has 2 atom stereocenters. The van der Waals surface area contributed by atoms with Crippen LogP contribution in [0.2, 0.25) is 5.02 Å². The van der Waals surface area contributed by atoms with Gasteiger partial charge < -0.3 is 5.32 Å². The highest BCUT2D eigenvalue weighted by Gasteiger charge is 2.36. The molecule has 1 fully saturated rings. The summed E-state index contributed by atoms with van der Waals surface area (Å²) in [5.41, 5.74) is 0.615. The van der Waals surface area contributed by atoms with E-state index in [4.69, 9.17) is 11.6 Å². The normalized spacial score (nSPS) is 22.9.